The molecule has 1 fully saturated rings. The first-order valence-electron chi connectivity index (χ1n) is 4.58. The van der Waals surface area contributed by atoms with E-state index in [1.54, 1.807) is 5.54 Å². The van der Waals surface area contributed by atoms with Gasteiger partial charge in [0.05, 0.1) is 8.07 Å². The van der Waals surface area contributed by atoms with Crippen molar-refractivity contribution in [2.45, 2.75) is 38.9 Å². The van der Waals surface area contributed by atoms with Crippen molar-refractivity contribution in [3.8, 4) is 0 Å². The molecule has 0 nitrogen and oxygen atoms in total. The van der Waals surface area contributed by atoms with Gasteiger partial charge in [0, 0.05) is 0 Å². The Morgan fingerprint density at radius 2 is 1.42 bits per heavy atom. The fraction of sp³-hybridized carbons (Fsp3) is 0.545. The third kappa shape index (κ3) is 1.76. The molecule has 0 amide bonds. The maximum Gasteiger partial charge on any atom is 0.0600 e. The number of hydrogen-bond donors (Lipinski definition) is 0. The molecule has 0 saturated heterocycles. The zero-order valence-corrected chi connectivity index (χ0v) is 9.81. The Labute approximate surface area is 78.8 Å². The molecule has 1 rings (SSSR count). The van der Waals surface area contributed by atoms with Crippen molar-refractivity contribution < 1.29 is 0 Å². The Morgan fingerprint density at radius 3 is 1.75 bits per heavy atom. The Kier molecular flexibility index (Phi) is 2.72. The lowest BCUT2D eigenvalue weighted by Crippen LogP contribution is -2.43. The third-order valence-corrected chi connectivity index (χ3v) is 8.79. The molecule has 0 heterocycles. The van der Waals surface area contributed by atoms with Crippen molar-refractivity contribution in [1.29, 1.82) is 0 Å². The van der Waals surface area contributed by atoms with Crippen LogP contribution in [-0.2, 0) is 0 Å². The fourth-order valence-corrected chi connectivity index (χ4v) is 3.12. The monoisotopic (exact) mass is 179 g/mol. The maximum atomic E-state index is 2.45. The molecule has 0 aromatic carbocycles. The minimum atomic E-state index is -1.23. The molecule has 12 heavy (non-hydrogen) atoms. The van der Waals surface area contributed by atoms with Gasteiger partial charge in [0.1, 0.15) is 0 Å². The van der Waals surface area contributed by atoms with Crippen molar-refractivity contribution in [3.63, 3.8) is 0 Å². The van der Waals surface area contributed by atoms with Gasteiger partial charge in [-0.05, 0) is 36.3 Å². The smallest absolute Gasteiger partial charge is 0.0600 e. The predicted molar refractivity (Wildman–Crippen MR) is 57.6 cm³/mol. The van der Waals surface area contributed by atoms with E-state index in [1.807, 2.05) is 0 Å². The molecule has 67 valence electrons. The normalized spacial score (nSPS) is 21.8. The lowest BCUT2D eigenvalue weighted by molar-refractivity contribution is 0.720. The summed E-state index contributed by atoms with van der Waals surface area (Å²) in [7, 11) is -1.23. The molecule has 0 N–H and O–H groups in total. The molecular formula is C11H19Si. The van der Waals surface area contributed by atoms with Gasteiger partial charge in [-0.2, -0.15) is 0 Å². The summed E-state index contributed by atoms with van der Waals surface area (Å²) in [5.74, 6) is 0. The predicted octanol–water partition coefficient (Wildman–Crippen LogP) is 3.44. The lowest BCUT2D eigenvalue weighted by Gasteiger charge is -2.41. The standard InChI is InChI=1S/C11H19Si/c1-11(2,3)12(4,5)10-8-6-7-9-10/h6-9H,1-5H3. The molecule has 1 aliphatic carbocycles. The molecular weight excluding hydrogens is 160 g/mol. The minimum absolute atomic E-state index is 0.460. The Bertz CT molecular complexity index is 147. The van der Waals surface area contributed by atoms with Crippen LogP contribution in [0, 0.1) is 31.2 Å². The molecule has 0 spiro atoms. The van der Waals surface area contributed by atoms with Gasteiger partial charge in [0.2, 0.25) is 0 Å². The SMILES string of the molecule is CC(C)(C)[Si](C)(C)[C]1[CH][CH][CH][CH]1. The highest BCUT2D eigenvalue weighted by Gasteiger charge is 2.43. The Hall–Kier alpha value is 0.217. The quantitative estimate of drug-likeness (QED) is 0.541. The summed E-state index contributed by atoms with van der Waals surface area (Å²) in [6.45, 7) is 12.0. The summed E-state index contributed by atoms with van der Waals surface area (Å²) in [5.41, 5.74) is 1.58. The zero-order valence-electron chi connectivity index (χ0n) is 8.81. The van der Waals surface area contributed by atoms with Crippen LogP contribution in [-0.4, -0.2) is 8.07 Å². The highest BCUT2D eigenvalue weighted by atomic mass is 28.3. The van der Waals surface area contributed by atoms with Crippen molar-refractivity contribution in [1.82, 2.24) is 0 Å². The van der Waals surface area contributed by atoms with Gasteiger partial charge in [-0.25, -0.2) is 0 Å². The summed E-state index contributed by atoms with van der Waals surface area (Å²) in [6.07, 6.45) is 8.85. The number of rotatable bonds is 1. The first kappa shape index (κ1) is 10.3. The minimum Gasteiger partial charge on any atom is -0.0685 e. The van der Waals surface area contributed by atoms with Crippen molar-refractivity contribution >= 4 is 8.07 Å². The van der Waals surface area contributed by atoms with E-state index in [-0.39, 0.29) is 0 Å². The van der Waals surface area contributed by atoms with Gasteiger partial charge in [-0.15, -0.1) is 0 Å². The van der Waals surface area contributed by atoms with Crippen LogP contribution < -0.4 is 0 Å². The van der Waals surface area contributed by atoms with E-state index in [9.17, 15) is 0 Å². The van der Waals surface area contributed by atoms with E-state index in [2.05, 4.69) is 59.5 Å². The lowest BCUT2D eigenvalue weighted by atomic mass is 10.2. The van der Waals surface area contributed by atoms with Gasteiger partial charge in [0.15, 0.2) is 0 Å². The Morgan fingerprint density at radius 1 is 1.00 bits per heavy atom. The van der Waals surface area contributed by atoms with Crippen LogP contribution in [0.15, 0.2) is 0 Å². The first-order valence-corrected chi connectivity index (χ1v) is 7.58. The fourth-order valence-electron chi connectivity index (χ4n) is 1.22. The molecule has 0 bridgehead atoms. The van der Waals surface area contributed by atoms with Crippen LogP contribution in [0.4, 0.5) is 0 Å². The molecule has 0 aliphatic heterocycles. The maximum absolute atomic E-state index is 2.45. The van der Waals surface area contributed by atoms with E-state index in [0.717, 1.165) is 0 Å². The molecule has 0 aromatic rings. The van der Waals surface area contributed by atoms with E-state index in [1.165, 1.54) is 0 Å². The zero-order chi connectivity index (χ0) is 9.41. The largest absolute Gasteiger partial charge is 0.0685 e. The third-order valence-electron chi connectivity index (χ3n) is 3.26. The summed E-state index contributed by atoms with van der Waals surface area (Å²) >= 11 is 0. The van der Waals surface area contributed by atoms with Crippen LogP contribution >= 0.6 is 0 Å². The van der Waals surface area contributed by atoms with E-state index in [4.69, 9.17) is 0 Å². The second-order valence-corrected chi connectivity index (χ2v) is 10.4. The van der Waals surface area contributed by atoms with E-state index < -0.39 is 8.07 Å². The van der Waals surface area contributed by atoms with Crippen molar-refractivity contribution in [2.24, 2.45) is 0 Å². The molecule has 0 atom stereocenters. The molecule has 0 unspecified atom stereocenters. The highest BCUT2D eigenvalue weighted by Crippen LogP contribution is 2.46. The second kappa shape index (κ2) is 3.17. The van der Waals surface area contributed by atoms with Crippen LogP contribution in [0.1, 0.15) is 20.8 Å². The molecule has 1 heteroatoms. The number of hydrogen-bond acceptors (Lipinski definition) is 0. The first-order chi connectivity index (χ1) is 5.36. The molecule has 1 aliphatic rings. The van der Waals surface area contributed by atoms with Gasteiger partial charge < -0.3 is 0 Å². The molecule has 0 aromatic heterocycles. The average molecular weight is 179 g/mol. The van der Waals surface area contributed by atoms with Crippen molar-refractivity contribution in [2.75, 3.05) is 0 Å². The van der Waals surface area contributed by atoms with Gasteiger partial charge >= 0.3 is 0 Å². The summed E-state index contributed by atoms with van der Waals surface area (Å²) in [6, 6.07) is 0. The summed E-state index contributed by atoms with van der Waals surface area (Å²) in [5, 5.41) is 0.460. The van der Waals surface area contributed by atoms with Crippen LogP contribution in [0.25, 0.3) is 0 Å². The van der Waals surface area contributed by atoms with E-state index >= 15 is 0 Å². The summed E-state index contributed by atoms with van der Waals surface area (Å²) in [4.78, 5) is 0. The van der Waals surface area contributed by atoms with E-state index in [0.29, 0.717) is 5.04 Å². The van der Waals surface area contributed by atoms with Crippen LogP contribution in [0.5, 0.6) is 0 Å². The van der Waals surface area contributed by atoms with Gasteiger partial charge in [0.25, 0.3) is 0 Å². The topological polar surface area (TPSA) is 0 Å². The van der Waals surface area contributed by atoms with Crippen molar-refractivity contribution in [3.05, 3.63) is 31.2 Å². The summed E-state index contributed by atoms with van der Waals surface area (Å²) < 4.78 is 0. The molecule has 5 radical (unpaired) electrons. The van der Waals surface area contributed by atoms with Gasteiger partial charge in [-0.3, -0.25) is 0 Å². The van der Waals surface area contributed by atoms with Crippen LogP contribution in [0.3, 0.4) is 0 Å². The highest BCUT2D eigenvalue weighted by molar-refractivity contribution is 6.86. The average Bonchev–Trinajstić information content (AvgIpc) is 2.34. The molecule has 1 saturated carbocycles. The van der Waals surface area contributed by atoms with Crippen LogP contribution in [0.2, 0.25) is 18.1 Å². The van der Waals surface area contributed by atoms with Gasteiger partial charge in [-0.1, -0.05) is 33.9 Å². The second-order valence-electron chi connectivity index (χ2n) is 5.05. The Balaban J connectivity index is 2.69.